The van der Waals surface area contributed by atoms with Gasteiger partial charge < -0.3 is 14.2 Å². The molecule has 0 saturated carbocycles. The minimum atomic E-state index is 0.774. The molecule has 0 atom stereocenters. The molecule has 2 heterocycles. The van der Waals surface area contributed by atoms with Crippen LogP contribution in [0.4, 0.5) is 0 Å². The molecule has 2 aromatic heterocycles. The third-order valence-electron chi connectivity index (χ3n) is 7.79. The first-order chi connectivity index (χ1) is 19.8. The van der Waals surface area contributed by atoms with Gasteiger partial charge in [0.2, 0.25) is 0 Å². The van der Waals surface area contributed by atoms with Gasteiger partial charge in [-0.05, 0) is 52.6 Å². The predicted molar refractivity (Wildman–Crippen MR) is 165 cm³/mol. The molecule has 0 aliphatic carbocycles. The van der Waals surface area contributed by atoms with E-state index in [1.54, 1.807) is 0 Å². The second-order valence-electron chi connectivity index (χ2n) is 10.1. The third-order valence-corrected chi connectivity index (χ3v) is 7.79. The van der Waals surface area contributed by atoms with Crippen molar-refractivity contribution in [2.24, 2.45) is 0 Å². The fourth-order valence-electron chi connectivity index (χ4n) is 5.97. The van der Waals surface area contributed by atoms with Gasteiger partial charge in [0.15, 0.2) is 0 Å². The molecule has 0 aliphatic heterocycles. The Labute approximate surface area is 230 Å². The zero-order valence-corrected chi connectivity index (χ0v) is 21.5. The van der Waals surface area contributed by atoms with E-state index in [-0.39, 0.29) is 0 Å². The minimum absolute atomic E-state index is 0.774. The van der Waals surface area contributed by atoms with Crippen LogP contribution in [0.15, 0.2) is 136 Å². The summed E-state index contributed by atoms with van der Waals surface area (Å²) in [7, 11) is 0. The molecule has 3 heteroatoms. The summed E-state index contributed by atoms with van der Waals surface area (Å²) < 4.78 is 13.1. The van der Waals surface area contributed by atoms with Crippen LogP contribution in [-0.2, 0) is 0 Å². The van der Waals surface area contributed by atoms with E-state index in [1.807, 2.05) is 48.5 Å². The molecule has 0 fully saturated rings. The molecule has 0 amide bonds. The molecular weight excluding hydrogens is 490 g/mol. The smallest absolute Gasteiger partial charge is 0.143 e. The van der Waals surface area contributed by atoms with Crippen LogP contribution >= 0.6 is 0 Å². The van der Waals surface area contributed by atoms with Gasteiger partial charge in [0.05, 0.1) is 0 Å². The normalized spacial score (nSPS) is 11.6. The number of benzene rings is 6. The quantitative estimate of drug-likeness (QED) is 0.238. The molecule has 188 valence electrons. The first-order valence-corrected chi connectivity index (χ1v) is 13.4. The van der Waals surface area contributed by atoms with Crippen LogP contribution in [0.2, 0.25) is 0 Å². The number of para-hydroxylation sites is 1. The zero-order chi connectivity index (χ0) is 26.6. The standard InChI is InChI=1S/C37H23NO2/c38-22-25-18-19-28(27-15-9-17-33-35(27)29-14-7-8-16-32(29)39-33)37-34(25)31-21-26(23-10-3-1-4-11-23)20-30(36(31)40-37)24-12-5-2-6-13-24/h1-22,38H. The van der Waals surface area contributed by atoms with E-state index >= 15 is 0 Å². The van der Waals surface area contributed by atoms with Crippen LogP contribution in [0.5, 0.6) is 0 Å². The van der Waals surface area contributed by atoms with Crippen LogP contribution in [-0.4, -0.2) is 6.21 Å². The Balaban J connectivity index is 1.52. The fourth-order valence-corrected chi connectivity index (χ4v) is 5.97. The SMILES string of the molecule is N=Cc1ccc(-c2cccc3oc4ccccc4c23)c2oc3c(-c4ccccc4)cc(-c4ccccc4)cc3c12. The van der Waals surface area contributed by atoms with Gasteiger partial charge in [0.1, 0.15) is 22.3 Å². The van der Waals surface area contributed by atoms with Crippen molar-refractivity contribution >= 4 is 50.1 Å². The average molecular weight is 514 g/mol. The highest BCUT2D eigenvalue weighted by Gasteiger charge is 2.21. The Morgan fingerprint density at radius 2 is 1.18 bits per heavy atom. The third kappa shape index (κ3) is 3.35. The van der Waals surface area contributed by atoms with Crippen molar-refractivity contribution in [3.63, 3.8) is 0 Å². The van der Waals surface area contributed by atoms with Crippen molar-refractivity contribution in [3.05, 3.63) is 133 Å². The van der Waals surface area contributed by atoms with E-state index in [1.165, 1.54) is 6.21 Å². The molecule has 0 spiro atoms. The van der Waals surface area contributed by atoms with E-state index in [2.05, 4.69) is 78.9 Å². The minimum Gasteiger partial charge on any atom is -0.456 e. The largest absolute Gasteiger partial charge is 0.456 e. The van der Waals surface area contributed by atoms with Gasteiger partial charge in [-0.15, -0.1) is 0 Å². The first kappa shape index (κ1) is 22.6. The van der Waals surface area contributed by atoms with Gasteiger partial charge in [0.25, 0.3) is 0 Å². The second kappa shape index (κ2) is 8.82. The summed E-state index contributed by atoms with van der Waals surface area (Å²) in [5.41, 5.74) is 10.5. The molecule has 8 rings (SSSR count). The maximum atomic E-state index is 8.28. The van der Waals surface area contributed by atoms with Crippen molar-refractivity contribution < 1.29 is 8.83 Å². The summed E-state index contributed by atoms with van der Waals surface area (Å²) in [6.07, 6.45) is 1.42. The van der Waals surface area contributed by atoms with E-state index in [4.69, 9.17) is 14.2 Å². The van der Waals surface area contributed by atoms with E-state index in [0.717, 1.165) is 82.8 Å². The Morgan fingerprint density at radius 1 is 0.450 bits per heavy atom. The number of rotatable bonds is 4. The summed E-state index contributed by atoms with van der Waals surface area (Å²) >= 11 is 0. The first-order valence-electron chi connectivity index (χ1n) is 13.4. The Bertz CT molecular complexity index is 2220. The summed E-state index contributed by atoms with van der Waals surface area (Å²) in [5.74, 6) is 0. The second-order valence-corrected chi connectivity index (χ2v) is 10.1. The monoisotopic (exact) mass is 513 g/mol. The van der Waals surface area contributed by atoms with E-state index in [0.29, 0.717) is 0 Å². The number of hydrogen-bond acceptors (Lipinski definition) is 3. The summed E-state index contributed by atoms with van der Waals surface area (Å²) in [6, 6.07) is 43.6. The Hall–Kier alpha value is -5.41. The van der Waals surface area contributed by atoms with Crippen molar-refractivity contribution in [2.45, 2.75) is 0 Å². The van der Waals surface area contributed by atoms with E-state index in [9.17, 15) is 0 Å². The summed E-state index contributed by atoms with van der Waals surface area (Å²) in [6.45, 7) is 0. The number of furan rings is 2. The molecule has 0 radical (unpaired) electrons. The van der Waals surface area contributed by atoms with Crippen molar-refractivity contribution in [2.75, 3.05) is 0 Å². The van der Waals surface area contributed by atoms with Gasteiger partial charge in [0, 0.05) is 44.4 Å². The zero-order valence-electron chi connectivity index (χ0n) is 21.5. The highest BCUT2D eigenvalue weighted by atomic mass is 16.3. The van der Waals surface area contributed by atoms with Gasteiger partial charge in [-0.2, -0.15) is 0 Å². The number of fused-ring (bicyclic) bond motifs is 6. The molecular formula is C37H23NO2. The molecule has 6 aromatic carbocycles. The van der Waals surface area contributed by atoms with Crippen LogP contribution in [0.25, 0.3) is 77.3 Å². The summed E-state index contributed by atoms with van der Waals surface area (Å²) in [4.78, 5) is 0. The fraction of sp³-hybridized carbons (Fsp3) is 0. The van der Waals surface area contributed by atoms with Crippen molar-refractivity contribution in [3.8, 4) is 33.4 Å². The van der Waals surface area contributed by atoms with Gasteiger partial charge >= 0.3 is 0 Å². The maximum Gasteiger partial charge on any atom is 0.143 e. The lowest BCUT2D eigenvalue weighted by atomic mass is 9.93. The number of hydrogen-bond donors (Lipinski definition) is 1. The molecule has 0 saturated heterocycles. The highest BCUT2D eigenvalue weighted by molar-refractivity contribution is 6.22. The van der Waals surface area contributed by atoms with E-state index < -0.39 is 0 Å². The molecule has 1 N–H and O–H groups in total. The Morgan fingerprint density at radius 3 is 1.98 bits per heavy atom. The lowest BCUT2D eigenvalue weighted by Gasteiger charge is -2.08. The van der Waals surface area contributed by atoms with Gasteiger partial charge in [-0.1, -0.05) is 97.1 Å². The molecule has 0 bridgehead atoms. The van der Waals surface area contributed by atoms with Crippen LogP contribution < -0.4 is 0 Å². The van der Waals surface area contributed by atoms with Crippen LogP contribution in [0.3, 0.4) is 0 Å². The lowest BCUT2D eigenvalue weighted by Crippen LogP contribution is -1.87. The summed E-state index contributed by atoms with van der Waals surface area (Å²) in [5, 5.41) is 12.4. The van der Waals surface area contributed by atoms with Crippen molar-refractivity contribution in [1.82, 2.24) is 0 Å². The highest BCUT2D eigenvalue weighted by Crippen LogP contribution is 2.45. The molecule has 8 aromatic rings. The average Bonchev–Trinajstić information content (AvgIpc) is 3.60. The molecule has 0 aliphatic rings. The van der Waals surface area contributed by atoms with Gasteiger partial charge in [-0.25, -0.2) is 0 Å². The predicted octanol–water partition coefficient (Wildman–Crippen LogP) is 10.5. The lowest BCUT2D eigenvalue weighted by molar-refractivity contribution is 0.669. The maximum absolute atomic E-state index is 8.28. The Kier molecular flexibility index (Phi) is 4.98. The topological polar surface area (TPSA) is 50.1 Å². The van der Waals surface area contributed by atoms with Crippen LogP contribution in [0.1, 0.15) is 5.56 Å². The number of nitrogens with one attached hydrogen (secondary N) is 1. The van der Waals surface area contributed by atoms with Gasteiger partial charge in [-0.3, -0.25) is 0 Å². The van der Waals surface area contributed by atoms with Crippen molar-refractivity contribution in [1.29, 1.82) is 5.41 Å². The molecule has 40 heavy (non-hydrogen) atoms. The molecule has 0 unspecified atom stereocenters. The molecule has 3 nitrogen and oxygen atoms in total. The van der Waals surface area contributed by atoms with Crippen LogP contribution in [0, 0.1) is 5.41 Å².